The van der Waals surface area contributed by atoms with Gasteiger partial charge in [-0.3, -0.25) is 0 Å². The fraction of sp³-hybridized carbons (Fsp3) is 0.434. The fourth-order valence-corrected chi connectivity index (χ4v) is 7.54. The van der Waals surface area contributed by atoms with Crippen LogP contribution in [0, 0.1) is 0 Å². The molecule has 9 rings (SSSR count). The summed E-state index contributed by atoms with van der Waals surface area (Å²) >= 11 is 0. The van der Waals surface area contributed by atoms with Crippen molar-refractivity contribution in [3.05, 3.63) is 167 Å². The lowest BCUT2D eigenvalue weighted by Gasteiger charge is -2.54. The van der Waals surface area contributed by atoms with Gasteiger partial charge in [-0.2, -0.15) is 0 Å². The van der Waals surface area contributed by atoms with E-state index in [-0.39, 0.29) is 25.2 Å². The number of hydrogen-bond donors (Lipinski definition) is 1. The van der Waals surface area contributed by atoms with E-state index in [2.05, 4.69) is 0 Å². The second-order valence-corrected chi connectivity index (χ2v) is 14.8. The highest BCUT2D eigenvalue weighted by Crippen LogP contribution is 2.43. The summed E-state index contributed by atoms with van der Waals surface area (Å²) in [6, 6.07) is -16.0. The molecule has 0 aromatic heterocycles. The summed E-state index contributed by atoms with van der Waals surface area (Å²) in [4.78, 5) is 0. The van der Waals surface area contributed by atoms with E-state index in [0.29, 0.717) is 18.6 Å². The van der Waals surface area contributed by atoms with Crippen LogP contribution >= 0.6 is 0 Å². The first kappa shape index (κ1) is 22.9. The van der Waals surface area contributed by atoms with Gasteiger partial charge in [0.1, 0.15) is 54.2 Å². The highest BCUT2D eigenvalue weighted by atomic mass is 16.8. The standard InChI is InChI=1S/C53H60O12/c1-55-41-25-27-42(28-26-41)61-52-50(49(59-34-40-23-13-5-14-24-40)47-44(63-52)36-60-53(65-47)29-15-6-16-30-53)64-51-45(54)48(58-33-39-21-11-4-12-22-39)46(57-32-38-19-9-3-10-20-38)43(62-51)35-56-31-37-17-7-2-8-18-37/h2-5,7-14,17-28,43-52,54H,6,15-16,29-36H2,1H3/t43-,44-,45-,46-,47-,48-,49+,50-,51-,52-/m1/s1/i2D,3D,4D,5D,7D,8D,9D,10D,11D,12D,13D,14D,17D,18D,19D,20D,21D,22D,23D,24D,31D2,32D2,33D2,34D2. The van der Waals surface area contributed by atoms with Crippen LogP contribution in [0.25, 0.3) is 0 Å². The number of rotatable bonds is 18. The van der Waals surface area contributed by atoms with Crippen LogP contribution in [0.2, 0.25) is 0 Å². The van der Waals surface area contributed by atoms with Crippen molar-refractivity contribution in [2.75, 3.05) is 20.3 Å². The van der Waals surface area contributed by atoms with Gasteiger partial charge in [-0.25, -0.2) is 0 Å². The normalized spacial score (nSPS) is 35.6. The van der Waals surface area contributed by atoms with E-state index in [1.165, 1.54) is 31.4 Å². The Hall–Kier alpha value is -4.70. The first-order valence-corrected chi connectivity index (χ1v) is 20.5. The van der Waals surface area contributed by atoms with Gasteiger partial charge >= 0.3 is 0 Å². The van der Waals surface area contributed by atoms with E-state index in [1.54, 1.807) is 0 Å². The number of hydrogen-bond acceptors (Lipinski definition) is 12. The van der Waals surface area contributed by atoms with E-state index >= 15 is 0 Å². The third-order valence-electron chi connectivity index (χ3n) is 10.6. The van der Waals surface area contributed by atoms with E-state index in [4.69, 9.17) is 82.3 Å². The second-order valence-electron chi connectivity index (χ2n) is 14.8. The predicted octanol–water partition coefficient (Wildman–Crippen LogP) is 8.32. The Labute approximate surface area is 420 Å². The highest BCUT2D eigenvalue weighted by Gasteiger charge is 2.58. The molecule has 10 atom stereocenters. The number of fused-ring (bicyclic) bond motifs is 1. The molecule has 3 aliphatic heterocycles. The van der Waals surface area contributed by atoms with Crippen LogP contribution in [0.3, 0.4) is 0 Å². The molecular formula is C53H60O12. The van der Waals surface area contributed by atoms with Crippen LogP contribution in [0.15, 0.2) is 145 Å². The van der Waals surface area contributed by atoms with Crippen molar-refractivity contribution >= 4 is 0 Å². The van der Waals surface area contributed by atoms with Gasteiger partial charge in [0.2, 0.25) is 6.29 Å². The molecule has 4 aliphatic rings. The molecule has 5 aromatic carbocycles. The van der Waals surface area contributed by atoms with Gasteiger partial charge in [-0.1, -0.05) is 127 Å². The average molecular weight is 917 g/mol. The van der Waals surface area contributed by atoms with Gasteiger partial charge in [-0.15, -0.1) is 0 Å². The van der Waals surface area contributed by atoms with Gasteiger partial charge in [-0.05, 0) is 59.4 Å². The van der Waals surface area contributed by atoms with Crippen LogP contribution < -0.4 is 9.47 Å². The Morgan fingerprint density at radius 3 is 1.71 bits per heavy atom. The molecule has 344 valence electrons. The average Bonchev–Trinajstić information content (AvgIpc) is 0.753. The van der Waals surface area contributed by atoms with Gasteiger partial charge in [0, 0.05) is 12.8 Å². The zero-order chi connectivity index (χ0) is 68.8. The minimum atomic E-state index is -3.81. The third-order valence-corrected chi connectivity index (χ3v) is 10.6. The zero-order valence-electron chi connectivity index (χ0n) is 62.5. The predicted molar refractivity (Wildman–Crippen MR) is 240 cm³/mol. The first-order valence-electron chi connectivity index (χ1n) is 34.5. The summed E-state index contributed by atoms with van der Waals surface area (Å²) in [7, 11) is 1.36. The molecule has 12 nitrogen and oxygen atoms in total. The van der Waals surface area contributed by atoms with Crippen molar-refractivity contribution in [1.29, 1.82) is 0 Å². The summed E-state index contributed by atoms with van der Waals surface area (Å²) < 4.78 is 312. The van der Waals surface area contributed by atoms with Crippen LogP contribution in [-0.4, -0.2) is 92.6 Å². The summed E-state index contributed by atoms with van der Waals surface area (Å²) in [6.07, 6.45) is -20.4. The summed E-state index contributed by atoms with van der Waals surface area (Å²) in [5.41, 5.74) is -4.70. The Balaban J connectivity index is 1.27. The summed E-state index contributed by atoms with van der Waals surface area (Å²) in [5, 5.41) is 13.0. The van der Waals surface area contributed by atoms with Crippen LogP contribution in [0.1, 0.15) is 92.7 Å². The Morgan fingerprint density at radius 1 is 0.615 bits per heavy atom. The Kier molecular flexibility index (Phi) is 7.81. The topological polar surface area (TPSA) is 122 Å². The van der Waals surface area contributed by atoms with Crippen molar-refractivity contribution in [3.63, 3.8) is 0 Å². The van der Waals surface area contributed by atoms with Crippen molar-refractivity contribution in [2.24, 2.45) is 0 Å². The minimum absolute atomic E-state index is 0.0655. The Bertz CT molecular complexity index is 3560. The minimum Gasteiger partial charge on any atom is -0.497 e. The maximum Gasteiger partial charge on any atom is 0.229 e. The molecule has 0 radical (unpaired) electrons. The molecule has 4 fully saturated rings. The Morgan fingerprint density at radius 2 is 1.14 bits per heavy atom. The molecule has 0 amide bonds. The molecule has 1 spiro atoms. The highest BCUT2D eigenvalue weighted by molar-refractivity contribution is 5.31. The van der Waals surface area contributed by atoms with E-state index < -0.39 is 243 Å². The van der Waals surface area contributed by atoms with Crippen molar-refractivity contribution < 1.29 is 95.6 Å². The lowest BCUT2D eigenvalue weighted by atomic mass is 9.90. The van der Waals surface area contributed by atoms with E-state index in [0.717, 1.165) is 6.42 Å². The molecule has 65 heavy (non-hydrogen) atoms. The quantitative estimate of drug-likeness (QED) is 0.0910. The third kappa shape index (κ3) is 11.6. The number of methoxy groups -OCH3 is 1. The lowest BCUT2D eigenvalue weighted by Crippen LogP contribution is -2.69. The molecule has 12 heteroatoms. The molecule has 1 N–H and O–H groups in total. The summed E-state index contributed by atoms with van der Waals surface area (Å²) in [6.45, 7) is -16.5. The molecule has 5 aromatic rings. The van der Waals surface area contributed by atoms with Crippen molar-refractivity contribution in [3.8, 4) is 11.5 Å². The lowest BCUT2D eigenvalue weighted by molar-refractivity contribution is -0.412. The van der Waals surface area contributed by atoms with E-state index in [1.807, 2.05) is 0 Å². The van der Waals surface area contributed by atoms with E-state index in [9.17, 15) is 13.3 Å². The maximum atomic E-state index is 13.0. The monoisotopic (exact) mass is 917 g/mol. The molecule has 3 heterocycles. The number of aliphatic hydroxyl groups is 1. The molecule has 0 unspecified atom stereocenters. The smallest absolute Gasteiger partial charge is 0.229 e. The zero-order valence-corrected chi connectivity index (χ0v) is 34.5. The van der Waals surface area contributed by atoms with Crippen LogP contribution in [-0.2, 0) is 68.9 Å². The molecule has 1 aliphatic carbocycles. The first-order chi connectivity index (χ1) is 43.2. The number of ether oxygens (including phenoxy) is 11. The molecular weight excluding hydrogens is 829 g/mol. The molecule has 1 saturated carbocycles. The van der Waals surface area contributed by atoms with Crippen LogP contribution in [0.4, 0.5) is 0 Å². The molecule has 3 saturated heterocycles. The maximum absolute atomic E-state index is 13.0. The van der Waals surface area contributed by atoms with Crippen molar-refractivity contribution in [1.82, 2.24) is 0 Å². The SMILES string of the molecule is [2H]c1c([2H])c([2H])c(C([2H])([2H])OC[C@H]2O[C@H](O[C@H]3[C@H](Oc4ccc(OC)cc4)O[C@@H]4COC5(CCCCC5)O[C@H]4[C@@H]3OC([2H])([2H])c3c([2H])c([2H])c([2H])c([2H])c3[2H])[C@H](O)[C@@H](OC([2H])([2H])c3c([2H])c([2H])c([2H])c([2H])c3[2H])[C@@H]2OC([2H])([2H])c2c([2H])c([2H])c([2H])c([2H])c2[2H])c([2H])c1[2H]. The van der Waals surface area contributed by atoms with Crippen LogP contribution in [0.5, 0.6) is 11.5 Å². The van der Waals surface area contributed by atoms with Crippen molar-refractivity contribution in [2.45, 2.75) is 126 Å². The summed E-state index contributed by atoms with van der Waals surface area (Å²) in [5.74, 6) is -1.20. The van der Waals surface area contributed by atoms with Gasteiger partial charge in [0.15, 0.2) is 18.2 Å². The second kappa shape index (κ2) is 22.2. The van der Waals surface area contributed by atoms with Gasteiger partial charge in [0.05, 0.1) is 84.9 Å². The fourth-order valence-electron chi connectivity index (χ4n) is 7.54. The largest absolute Gasteiger partial charge is 0.497 e. The van der Waals surface area contributed by atoms with Gasteiger partial charge < -0.3 is 57.2 Å². The number of benzene rings is 5. The van der Waals surface area contributed by atoms with Gasteiger partial charge in [0.25, 0.3) is 0 Å². The molecule has 0 bridgehead atoms. The number of aliphatic hydroxyl groups excluding tert-OH is 1.